The number of halogens is 1. The van der Waals surface area contributed by atoms with Crippen LogP contribution in [0.25, 0.3) is 32.8 Å². The summed E-state index contributed by atoms with van der Waals surface area (Å²) in [6.45, 7) is 0. The van der Waals surface area contributed by atoms with Gasteiger partial charge in [-0.05, 0) is 6.07 Å². The molecule has 3 heterocycles. The number of aromatic nitrogens is 3. The Morgan fingerprint density at radius 2 is 1.45 bits per heavy atom. The van der Waals surface area contributed by atoms with Gasteiger partial charge in [-0.3, -0.25) is 0 Å². The van der Waals surface area contributed by atoms with E-state index in [4.69, 9.17) is 0 Å². The van der Waals surface area contributed by atoms with E-state index in [1.165, 1.54) is 32.8 Å². The molecular weight excluding hydrogens is 361 g/mol. The minimum absolute atomic E-state index is 0. The highest BCUT2D eigenvalue weighted by Gasteiger charge is 2.17. The molecule has 0 saturated carbocycles. The predicted octanol–water partition coefficient (Wildman–Crippen LogP) is -0.348. The van der Waals surface area contributed by atoms with Crippen LogP contribution in [-0.4, -0.2) is 9.13 Å². The molecule has 3 aromatic heterocycles. The van der Waals surface area contributed by atoms with Crippen LogP contribution in [0.4, 0.5) is 0 Å². The van der Waals surface area contributed by atoms with Crippen molar-refractivity contribution in [2.75, 3.05) is 0 Å². The highest BCUT2D eigenvalue weighted by molar-refractivity contribution is 6.17. The molecule has 4 aromatic rings. The minimum Gasteiger partial charge on any atom is -1.00 e. The largest absolute Gasteiger partial charge is 1.00 e. The van der Waals surface area contributed by atoms with Gasteiger partial charge >= 0.3 is 0 Å². The van der Waals surface area contributed by atoms with Crippen molar-refractivity contribution < 1.29 is 28.5 Å². The van der Waals surface area contributed by atoms with Gasteiger partial charge in [0, 0.05) is 30.9 Å². The quantitative estimate of drug-likeness (QED) is 0.294. The van der Waals surface area contributed by atoms with Crippen LogP contribution in [0.5, 0.6) is 0 Å². The van der Waals surface area contributed by atoms with Gasteiger partial charge in [-0.15, -0.1) is 0 Å². The Balaban J connectivity index is 0.00000121. The second-order valence-corrected chi connectivity index (χ2v) is 5.24. The number of rotatable bonds is 0. The molecule has 0 N–H and O–H groups in total. The molecule has 0 aliphatic rings. The Hall–Kier alpha value is -1.56. The highest BCUT2D eigenvalue weighted by atomic mass is 127. The number of aryl methyl sites for hydroxylation is 3. The fourth-order valence-electron chi connectivity index (χ4n) is 3.19. The molecule has 0 fully saturated rings. The zero-order valence-corrected chi connectivity index (χ0v) is 13.9. The Bertz CT molecular complexity index is 947. The van der Waals surface area contributed by atoms with Gasteiger partial charge in [-0.25, -0.2) is 4.57 Å². The molecule has 0 spiro atoms. The maximum Gasteiger partial charge on any atom is 0.193 e. The zero-order valence-electron chi connectivity index (χ0n) is 11.8. The van der Waals surface area contributed by atoms with Crippen LogP contribution >= 0.6 is 0 Å². The topological polar surface area (TPSA) is 13.7 Å². The van der Waals surface area contributed by atoms with Gasteiger partial charge in [0.05, 0.1) is 16.6 Å². The molecule has 102 valence electrons. The lowest BCUT2D eigenvalue weighted by atomic mass is 10.2. The van der Waals surface area contributed by atoms with Gasteiger partial charge in [0.2, 0.25) is 0 Å². The first-order valence-corrected chi connectivity index (χ1v) is 6.49. The third-order valence-electron chi connectivity index (χ3n) is 4.11. The molecule has 0 bridgehead atoms. The Morgan fingerprint density at radius 1 is 0.850 bits per heavy atom. The molecule has 0 amide bonds. The first-order valence-electron chi connectivity index (χ1n) is 6.49. The first-order chi connectivity index (χ1) is 9.18. The van der Waals surface area contributed by atoms with Crippen molar-refractivity contribution >= 4 is 32.8 Å². The van der Waals surface area contributed by atoms with Gasteiger partial charge in [-0.2, -0.15) is 0 Å². The summed E-state index contributed by atoms with van der Waals surface area (Å²) in [5.41, 5.74) is 5.20. The molecule has 0 aliphatic heterocycles. The number of nitrogens with zero attached hydrogens (tertiary/aromatic N) is 3. The summed E-state index contributed by atoms with van der Waals surface area (Å²) >= 11 is 0. The summed E-state index contributed by atoms with van der Waals surface area (Å²) in [5.74, 6) is 0. The second kappa shape index (κ2) is 4.48. The number of hydrogen-bond acceptors (Lipinski definition) is 0. The van der Waals surface area contributed by atoms with Gasteiger partial charge in [0.1, 0.15) is 12.6 Å². The van der Waals surface area contributed by atoms with E-state index in [1.54, 1.807) is 0 Å². The number of fused-ring (bicyclic) bond motifs is 5. The van der Waals surface area contributed by atoms with Crippen molar-refractivity contribution in [3.63, 3.8) is 0 Å². The number of hydrogen-bond donors (Lipinski definition) is 0. The molecule has 1 aromatic carbocycles. The molecule has 0 atom stereocenters. The van der Waals surface area contributed by atoms with Crippen molar-refractivity contribution in [2.24, 2.45) is 21.1 Å². The lowest BCUT2D eigenvalue weighted by Crippen LogP contribution is -3.00. The van der Waals surface area contributed by atoms with Crippen LogP contribution in [0.3, 0.4) is 0 Å². The molecular formula is C16H16IN3. The van der Waals surface area contributed by atoms with Crippen LogP contribution < -0.4 is 28.5 Å². The summed E-state index contributed by atoms with van der Waals surface area (Å²) < 4.78 is 6.70. The SMILES string of the molecule is Cn1c2ccccc2c2c1c1cc[n+](C)cc1n2C.[I-]. The zero-order chi connectivity index (χ0) is 13.1. The second-order valence-electron chi connectivity index (χ2n) is 5.24. The first kappa shape index (κ1) is 13.4. The predicted molar refractivity (Wildman–Crippen MR) is 78.1 cm³/mol. The molecule has 4 heteroatoms. The van der Waals surface area contributed by atoms with E-state index in [-0.39, 0.29) is 24.0 Å². The number of benzene rings is 1. The highest BCUT2D eigenvalue weighted by Crippen LogP contribution is 2.34. The normalized spacial score (nSPS) is 11.3. The van der Waals surface area contributed by atoms with E-state index in [9.17, 15) is 0 Å². The number of para-hydroxylation sites is 1. The average molecular weight is 377 g/mol. The monoisotopic (exact) mass is 377 g/mol. The van der Waals surface area contributed by atoms with E-state index in [0.29, 0.717) is 0 Å². The van der Waals surface area contributed by atoms with E-state index in [2.05, 4.69) is 77.6 Å². The molecule has 4 rings (SSSR count). The maximum absolute atomic E-state index is 2.30. The van der Waals surface area contributed by atoms with Crippen LogP contribution in [0, 0.1) is 0 Å². The minimum atomic E-state index is 0. The Kier molecular flexibility index (Phi) is 3.01. The van der Waals surface area contributed by atoms with Gasteiger partial charge in [-0.1, -0.05) is 18.2 Å². The Labute approximate surface area is 134 Å². The standard InChI is InChI=1S/C16H16N3.HI/c1-17-9-8-12-14(10-17)19(3)15-11-6-4-5-7-13(11)18(2)16(12)15;/h4-10H,1-3H3;1H/q+1;/p-1. The van der Waals surface area contributed by atoms with Gasteiger partial charge in [0.15, 0.2) is 12.4 Å². The molecule has 0 aliphatic carbocycles. The van der Waals surface area contributed by atoms with Crippen LogP contribution in [0.2, 0.25) is 0 Å². The average Bonchev–Trinajstić information content (AvgIpc) is 2.87. The summed E-state index contributed by atoms with van der Waals surface area (Å²) in [6, 6.07) is 10.8. The lowest BCUT2D eigenvalue weighted by molar-refractivity contribution is -0.670. The Morgan fingerprint density at radius 3 is 2.20 bits per heavy atom. The summed E-state index contributed by atoms with van der Waals surface area (Å²) in [5, 5.41) is 2.63. The smallest absolute Gasteiger partial charge is 0.193 e. The third kappa shape index (κ3) is 1.54. The molecule has 0 saturated heterocycles. The van der Waals surface area contributed by atoms with E-state index in [0.717, 1.165) is 0 Å². The fraction of sp³-hybridized carbons (Fsp3) is 0.188. The van der Waals surface area contributed by atoms with Crippen molar-refractivity contribution in [1.29, 1.82) is 0 Å². The van der Waals surface area contributed by atoms with Crippen molar-refractivity contribution in [2.45, 2.75) is 0 Å². The van der Waals surface area contributed by atoms with E-state index >= 15 is 0 Å². The molecule has 0 radical (unpaired) electrons. The number of pyridine rings is 1. The fourth-order valence-corrected chi connectivity index (χ4v) is 3.19. The third-order valence-corrected chi connectivity index (χ3v) is 4.11. The van der Waals surface area contributed by atoms with E-state index in [1.807, 2.05) is 0 Å². The summed E-state index contributed by atoms with van der Waals surface area (Å²) in [7, 11) is 6.36. The lowest BCUT2D eigenvalue weighted by Gasteiger charge is -1.99. The van der Waals surface area contributed by atoms with Crippen molar-refractivity contribution in [3.8, 4) is 0 Å². The van der Waals surface area contributed by atoms with Crippen molar-refractivity contribution in [3.05, 3.63) is 42.7 Å². The van der Waals surface area contributed by atoms with Crippen LogP contribution in [0.1, 0.15) is 0 Å². The van der Waals surface area contributed by atoms with Crippen LogP contribution in [-0.2, 0) is 21.1 Å². The van der Waals surface area contributed by atoms with Crippen molar-refractivity contribution in [1.82, 2.24) is 9.13 Å². The summed E-state index contributed by atoms with van der Waals surface area (Å²) in [6.07, 6.45) is 4.30. The van der Waals surface area contributed by atoms with E-state index < -0.39 is 0 Å². The molecule has 20 heavy (non-hydrogen) atoms. The van der Waals surface area contributed by atoms with Gasteiger partial charge in [0.25, 0.3) is 0 Å². The summed E-state index contributed by atoms with van der Waals surface area (Å²) in [4.78, 5) is 0. The maximum atomic E-state index is 2.30. The molecule has 3 nitrogen and oxygen atoms in total. The van der Waals surface area contributed by atoms with Gasteiger partial charge < -0.3 is 33.1 Å². The van der Waals surface area contributed by atoms with Crippen LogP contribution in [0.15, 0.2) is 42.7 Å². The molecule has 0 unspecified atom stereocenters.